The molecule has 2 aromatic rings. The van der Waals surface area contributed by atoms with Gasteiger partial charge >= 0.3 is 0 Å². The van der Waals surface area contributed by atoms with E-state index in [0.717, 1.165) is 5.56 Å². The van der Waals surface area contributed by atoms with Crippen molar-refractivity contribution in [2.75, 3.05) is 13.2 Å². The van der Waals surface area contributed by atoms with Crippen molar-refractivity contribution < 1.29 is 14.3 Å². The highest BCUT2D eigenvalue weighted by Crippen LogP contribution is 2.32. The zero-order valence-electron chi connectivity index (χ0n) is 14.8. The molecule has 1 aromatic heterocycles. The number of amides is 2. The van der Waals surface area contributed by atoms with E-state index in [1.807, 2.05) is 44.2 Å². The van der Waals surface area contributed by atoms with Crippen molar-refractivity contribution in [3.05, 3.63) is 41.7 Å². The molecule has 0 bridgehead atoms. The topological polar surface area (TPSA) is 113 Å². The van der Waals surface area contributed by atoms with E-state index < -0.39 is 12.1 Å². The summed E-state index contributed by atoms with van der Waals surface area (Å²) < 4.78 is 5.63. The number of rotatable bonds is 6. The summed E-state index contributed by atoms with van der Waals surface area (Å²) in [6.07, 6.45) is -0.319. The number of hydrogen-bond acceptors (Lipinski definition) is 6. The lowest BCUT2D eigenvalue weighted by Crippen LogP contribution is -2.56. The van der Waals surface area contributed by atoms with Gasteiger partial charge in [0.1, 0.15) is 6.61 Å². The molecule has 2 N–H and O–H groups in total. The zero-order valence-corrected chi connectivity index (χ0v) is 14.8. The van der Waals surface area contributed by atoms with Crippen molar-refractivity contribution in [1.82, 2.24) is 30.8 Å². The number of morpholine rings is 1. The molecule has 0 unspecified atom stereocenters. The number of tetrazole rings is 1. The van der Waals surface area contributed by atoms with Gasteiger partial charge in [-0.2, -0.15) is 5.21 Å². The Morgan fingerprint density at radius 3 is 2.81 bits per heavy atom. The lowest BCUT2D eigenvalue weighted by molar-refractivity contribution is -0.167. The van der Waals surface area contributed by atoms with Crippen LogP contribution in [0, 0.1) is 0 Å². The summed E-state index contributed by atoms with van der Waals surface area (Å²) in [6.45, 7) is 4.12. The van der Waals surface area contributed by atoms with Crippen LogP contribution >= 0.6 is 0 Å². The molecule has 0 aliphatic carbocycles. The first-order chi connectivity index (χ1) is 12.6. The van der Waals surface area contributed by atoms with Crippen molar-refractivity contribution in [2.24, 2.45) is 0 Å². The van der Waals surface area contributed by atoms with Crippen LogP contribution in [0.1, 0.15) is 31.3 Å². The number of ether oxygens (including phenoxy) is 1. The SMILES string of the molecule is CC(C)N1C(=O)CO[C@H](C(=O)NCCc2nn[nH]n2)[C@H]1c1ccccc1. The van der Waals surface area contributed by atoms with Gasteiger partial charge in [0.25, 0.3) is 5.91 Å². The van der Waals surface area contributed by atoms with Gasteiger partial charge in [-0.05, 0) is 19.4 Å². The van der Waals surface area contributed by atoms with Gasteiger partial charge in [0, 0.05) is 19.0 Å². The molecule has 1 saturated heterocycles. The number of H-pyrrole nitrogens is 1. The van der Waals surface area contributed by atoms with E-state index in [-0.39, 0.29) is 24.5 Å². The van der Waals surface area contributed by atoms with Gasteiger partial charge in [0.05, 0.1) is 6.04 Å². The molecule has 0 spiro atoms. The van der Waals surface area contributed by atoms with Crippen LogP contribution in [0.15, 0.2) is 30.3 Å². The first-order valence-corrected chi connectivity index (χ1v) is 8.55. The summed E-state index contributed by atoms with van der Waals surface area (Å²) in [5.41, 5.74) is 0.868. The third-order valence-electron chi connectivity index (χ3n) is 4.25. The summed E-state index contributed by atoms with van der Waals surface area (Å²) >= 11 is 0. The van der Waals surface area contributed by atoms with Crippen LogP contribution in [-0.2, 0) is 20.7 Å². The number of hydrogen-bond donors (Lipinski definition) is 2. The molecule has 9 nitrogen and oxygen atoms in total. The number of carbonyl (C=O) groups excluding carboxylic acids is 2. The Morgan fingerprint density at radius 2 is 2.15 bits per heavy atom. The standard InChI is InChI=1S/C17H22N6O3/c1-11(2)23-14(24)10-26-16(15(23)12-6-4-3-5-7-12)17(25)18-9-8-13-19-21-22-20-13/h3-7,11,15-16H,8-10H2,1-2H3,(H,18,25)(H,19,20,21,22)/t15-,16+/m1/s1. The van der Waals surface area contributed by atoms with Crippen LogP contribution in [0.4, 0.5) is 0 Å². The average Bonchev–Trinajstić information content (AvgIpc) is 3.15. The van der Waals surface area contributed by atoms with Gasteiger partial charge < -0.3 is 15.0 Å². The number of aromatic amines is 1. The van der Waals surface area contributed by atoms with E-state index in [1.165, 1.54) is 0 Å². The Hall–Kier alpha value is -2.81. The molecular formula is C17H22N6O3. The third-order valence-corrected chi connectivity index (χ3v) is 4.25. The van der Waals surface area contributed by atoms with E-state index in [9.17, 15) is 9.59 Å². The van der Waals surface area contributed by atoms with Gasteiger partial charge in [-0.1, -0.05) is 35.5 Å². The second kappa shape index (κ2) is 8.05. The van der Waals surface area contributed by atoms with Gasteiger partial charge in [-0.3, -0.25) is 9.59 Å². The minimum atomic E-state index is -0.775. The molecule has 1 aliphatic rings. The highest BCUT2D eigenvalue weighted by atomic mass is 16.5. The molecule has 138 valence electrons. The van der Waals surface area contributed by atoms with Crippen LogP contribution in [0.3, 0.4) is 0 Å². The number of nitrogens with one attached hydrogen (secondary N) is 2. The van der Waals surface area contributed by atoms with Crippen LogP contribution in [0.25, 0.3) is 0 Å². The minimum Gasteiger partial charge on any atom is -0.356 e. The second-order valence-electron chi connectivity index (χ2n) is 6.35. The molecule has 0 saturated carbocycles. The Bertz CT molecular complexity index is 734. The van der Waals surface area contributed by atoms with E-state index in [2.05, 4.69) is 25.9 Å². The van der Waals surface area contributed by atoms with E-state index in [4.69, 9.17) is 4.74 Å². The van der Waals surface area contributed by atoms with Crippen molar-refractivity contribution in [3.8, 4) is 0 Å². The number of aromatic nitrogens is 4. The molecule has 9 heteroatoms. The summed E-state index contributed by atoms with van der Waals surface area (Å²) in [4.78, 5) is 26.9. The Labute approximate surface area is 151 Å². The van der Waals surface area contributed by atoms with Crippen molar-refractivity contribution in [1.29, 1.82) is 0 Å². The fourth-order valence-electron chi connectivity index (χ4n) is 3.13. The second-order valence-corrected chi connectivity index (χ2v) is 6.35. The molecule has 0 radical (unpaired) electrons. The maximum atomic E-state index is 12.7. The monoisotopic (exact) mass is 358 g/mol. The van der Waals surface area contributed by atoms with E-state index in [1.54, 1.807) is 4.90 Å². The summed E-state index contributed by atoms with van der Waals surface area (Å²) in [5.74, 6) is 0.138. The molecule has 3 rings (SSSR count). The van der Waals surface area contributed by atoms with Gasteiger partial charge in [-0.15, -0.1) is 10.2 Å². The normalized spacial score (nSPS) is 20.4. The predicted molar refractivity (Wildman–Crippen MR) is 91.8 cm³/mol. The maximum Gasteiger partial charge on any atom is 0.251 e. The minimum absolute atomic E-state index is 0.0498. The van der Waals surface area contributed by atoms with Gasteiger partial charge in [0.2, 0.25) is 5.91 Å². The fraction of sp³-hybridized carbons (Fsp3) is 0.471. The van der Waals surface area contributed by atoms with Crippen molar-refractivity contribution >= 4 is 11.8 Å². The van der Waals surface area contributed by atoms with Crippen molar-refractivity contribution in [3.63, 3.8) is 0 Å². The predicted octanol–water partition coefficient (Wildman–Crippen LogP) is 0.236. The Kier molecular flexibility index (Phi) is 5.57. The molecule has 26 heavy (non-hydrogen) atoms. The highest BCUT2D eigenvalue weighted by Gasteiger charge is 2.42. The van der Waals surface area contributed by atoms with Crippen molar-refractivity contribution in [2.45, 2.75) is 38.5 Å². The highest BCUT2D eigenvalue weighted by molar-refractivity contribution is 5.86. The zero-order chi connectivity index (χ0) is 18.5. The summed E-state index contributed by atoms with van der Waals surface area (Å²) in [6, 6.07) is 8.96. The molecule has 2 heterocycles. The molecule has 2 amide bonds. The maximum absolute atomic E-state index is 12.7. The lowest BCUT2D eigenvalue weighted by atomic mass is 9.96. The number of benzene rings is 1. The first kappa shape index (κ1) is 18.0. The third kappa shape index (κ3) is 3.88. The smallest absolute Gasteiger partial charge is 0.251 e. The summed E-state index contributed by atoms with van der Waals surface area (Å²) in [5, 5.41) is 16.4. The number of nitrogens with zero attached hydrogens (tertiary/aromatic N) is 4. The molecular weight excluding hydrogens is 336 g/mol. The Balaban J connectivity index is 1.76. The van der Waals surface area contributed by atoms with Crippen LogP contribution in [0.2, 0.25) is 0 Å². The molecule has 1 aromatic carbocycles. The average molecular weight is 358 g/mol. The molecule has 1 fully saturated rings. The van der Waals surface area contributed by atoms with Gasteiger partial charge in [-0.25, -0.2) is 0 Å². The van der Waals surface area contributed by atoms with Crippen LogP contribution < -0.4 is 5.32 Å². The lowest BCUT2D eigenvalue weighted by Gasteiger charge is -2.42. The van der Waals surface area contributed by atoms with Crippen LogP contribution in [-0.4, -0.2) is 62.6 Å². The molecule has 2 atom stereocenters. The van der Waals surface area contributed by atoms with E-state index >= 15 is 0 Å². The van der Waals surface area contributed by atoms with Crippen LogP contribution in [0.5, 0.6) is 0 Å². The van der Waals surface area contributed by atoms with E-state index in [0.29, 0.717) is 18.8 Å². The number of carbonyl (C=O) groups is 2. The van der Waals surface area contributed by atoms with Gasteiger partial charge in [0.15, 0.2) is 11.9 Å². The Morgan fingerprint density at radius 1 is 1.38 bits per heavy atom. The quantitative estimate of drug-likeness (QED) is 0.765. The molecule has 1 aliphatic heterocycles. The summed E-state index contributed by atoms with van der Waals surface area (Å²) in [7, 11) is 0. The fourth-order valence-corrected chi connectivity index (χ4v) is 3.13. The first-order valence-electron chi connectivity index (χ1n) is 8.55. The largest absolute Gasteiger partial charge is 0.356 e.